The molecule has 108 valence electrons. The van der Waals surface area contributed by atoms with Crippen molar-refractivity contribution in [3.8, 4) is 0 Å². The third-order valence-corrected chi connectivity index (χ3v) is 2.86. The van der Waals surface area contributed by atoms with Crippen molar-refractivity contribution in [2.75, 3.05) is 5.32 Å². The van der Waals surface area contributed by atoms with Gasteiger partial charge in [-0.1, -0.05) is 24.3 Å². The first-order valence-electron chi connectivity index (χ1n) is 6.24. The molecule has 6 heteroatoms. The van der Waals surface area contributed by atoms with Gasteiger partial charge in [0.2, 0.25) is 5.91 Å². The Bertz CT molecular complexity index is 656. The average Bonchev–Trinajstić information content (AvgIpc) is 2.49. The number of rotatable bonds is 4. The summed E-state index contributed by atoms with van der Waals surface area (Å²) in [5, 5.41) is 2.59. The Morgan fingerprint density at radius 2 is 1.71 bits per heavy atom. The lowest BCUT2D eigenvalue weighted by atomic mass is 10.1. The molecule has 0 spiro atoms. The van der Waals surface area contributed by atoms with Crippen LogP contribution in [0.5, 0.6) is 0 Å². The quantitative estimate of drug-likeness (QED) is 0.454. The molecule has 0 aliphatic carbocycles. The topological polar surface area (TPSA) is 84.2 Å². The minimum Gasteiger partial charge on any atom is -0.322 e. The second-order valence-corrected chi connectivity index (χ2v) is 4.38. The molecule has 0 aromatic heterocycles. The fourth-order valence-corrected chi connectivity index (χ4v) is 1.79. The predicted molar refractivity (Wildman–Crippen MR) is 76.8 cm³/mol. The summed E-state index contributed by atoms with van der Waals surface area (Å²) < 4.78 is 13.5. The number of hydrogen-bond donors (Lipinski definition) is 3. The molecule has 5 nitrogen and oxygen atoms in total. The van der Waals surface area contributed by atoms with Gasteiger partial charge in [0.25, 0.3) is 5.91 Å². The average molecular weight is 287 g/mol. The smallest absolute Gasteiger partial charge is 0.258 e. The Kier molecular flexibility index (Phi) is 4.63. The molecule has 0 unspecified atom stereocenters. The molecule has 0 heterocycles. The molecule has 2 aromatic carbocycles. The van der Waals surface area contributed by atoms with Gasteiger partial charge in [-0.2, -0.15) is 0 Å². The van der Waals surface area contributed by atoms with E-state index >= 15 is 0 Å². The summed E-state index contributed by atoms with van der Waals surface area (Å²) in [5.41, 5.74) is 3.28. The third-order valence-electron chi connectivity index (χ3n) is 2.86. The molecule has 2 amide bonds. The lowest BCUT2D eigenvalue weighted by molar-refractivity contribution is -0.120. The van der Waals surface area contributed by atoms with Gasteiger partial charge in [0.05, 0.1) is 12.0 Å². The highest BCUT2D eigenvalue weighted by molar-refractivity contribution is 6.04. The van der Waals surface area contributed by atoms with Crippen LogP contribution in [0, 0.1) is 5.82 Å². The Morgan fingerprint density at radius 3 is 2.33 bits per heavy atom. The van der Waals surface area contributed by atoms with Crippen LogP contribution in [0.3, 0.4) is 0 Å². The summed E-state index contributed by atoms with van der Waals surface area (Å²) in [5.74, 6) is 3.59. The number of hydrogen-bond acceptors (Lipinski definition) is 3. The fourth-order valence-electron chi connectivity index (χ4n) is 1.79. The second-order valence-electron chi connectivity index (χ2n) is 4.38. The van der Waals surface area contributed by atoms with Crippen LogP contribution in [0.1, 0.15) is 15.9 Å². The monoisotopic (exact) mass is 287 g/mol. The summed E-state index contributed by atoms with van der Waals surface area (Å²) in [6.07, 6.45) is 0.151. The van der Waals surface area contributed by atoms with Crippen molar-refractivity contribution in [2.24, 2.45) is 5.84 Å². The molecule has 0 saturated heterocycles. The Morgan fingerprint density at radius 1 is 1.05 bits per heavy atom. The highest BCUT2D eigenvalue weighted by atomic mass is 19.1. The molecule has 4 N–H and O–H groups in total. The van der Waals surface area contributed by atoms with Crippen molar-refractivity contribution in [2.45, 2.75) is 6.42 Å². The van der Waals surface area contributed by atoms with Gasteiger partial charge in [-0.05, 0) is 29.8 Å². The number of carbonyl (C=O) groups is 2. The normalized spacial score (nSPS) is 10.0. The molecule has 0 aliphatic heterocycles. The van der Waals surface area contributed by atoms with Crippen LogP contribution < -0.4 is 16.6 Å². The molecule has 0 bridgehead atoms. The molecular formula is C15H14FN3O2. The van der Waals surface area contributed by atoms with Crippen LogP contribution in [0.15, 0.2) is 48.5 Å². The van der Waals surface area contributed by atoms with E-state index in [4.69, 9.17) is 5.84 Å². The van der Waals surface area contributed by atoms with Gasteiger partial charge in [0, 0.05) is 5.69 Å². The number of amides is 2. The maximum Gasteiger partial charge on any atom is 0.258 e. The minimum absolute atomic E-state index is 0.0240. The van der Waals surface area contributed by atoms with E-state index in [-0.39, 0.29) is 17.9 Å². The van der Waals surface area contributed by atoms with Gasteiger partial charge in [0.15, 0.2) is 0 Å². The van der Waals surface area contributed by atoms with Gasteiger partial charge >= 0.3 is 0 Å². The van der Waals surface area contributed by atoms with Crippen LogP contribution in [-0.2, 0) is 11.2 Å². The molecule has 21 heavy (non-hydrogen) atoms. The molecule has 0 radical (unpaired) electrons. The van der Waals surface area contributed by atoms with Crippen LogP contribution in [-0.4, -0.2) is 11.8 Å². The Labute approximate surface area is 120 Å². The van der Waals surface area contributed by atoms with Gasteiger partial charge in [-0.25, -0.2) is 10.2 Å². The third kappa shape index (κ3) is 3.87. The molecule has 2 aromatic rings. The first kappa shape index (κ1) is 14.7. The highest BCUT2D eigenvalue weighted by Gasteiger charge is 2.10. The standard InChI is InChI=1S/C15H14FN3O2/c16-13-4-2-1-3-12(13)15(21)18-11-7-5-10(6-8-11)9-14(20)19-17/h1-8H,9,17H2,(H,18,21)(H,19,20). The van der Waals surface area contributed by atoms with Crippen LogP contribution in [0.4, 0.5) is 10.1 Å². The van der Waals surface area contributed by atoms with Gasteiger partial charge in [0.1, 0.15) is 5.82 Å². The molecule has 2 rings (SSSR count). The molecule has 0 saturated carbocycles. The van der Waals surface area contributed by atoms with Crippen LogP contribution in [0.2, 0.25) is 0 Å². The van der Waals surface area contributed by atoms with E-state index in [0.29, 0.717) is 5.69 Å². The van der Waals surface area contributed by atoms with E-state index in [1.807, 2.05) is 5.43 Å². The van der Waals surface area contributed by atoms with Gasteiger partial charge in [-0.15, -0.1) is 0 Å². The number of carbonyl (C=O) groups excluding carboxylic acids is 2. The lowest BCUT2D eigenvalue weighted by Crippen LogP contribution is -2.31. The van der Waals surface area contributed by atoms with Crippen molar-refractivity contribution < 1.29 is 14.0 Å². The summed E-state index contributed by atoms with van der Waals surface area (Å²) in [6.45, 7) is 0. The van der Waals surface area contributed by atoms with Crippen molar-refractivity contribution in [1.82, 2.24) is 5.43 Å². The molecule has 0 aliphatic rings. The Balaban J connectivity index is 2.05. The zero-order valence-electron chi connectivity index (χ0n) is 11.1. The van der Waals surface area contributed by atoms with Crippen molar-refractivity contribution in [3.63, 3.8) is 0 Å². The number of benzene rings is 2. The van der Waals surface area contributed by atoms with E-state index in [1.165, 1.54) is 18.2 Å². The molecular weight excluding hydrogens is 273 g/mol. The number of nitrogens with two attached hydrogens (primary N) is 1. The van der Waals surface area contributed by atoms with Gasteiger partial charge < -0.3 is 5.32 Å². The van der Waals surface area contributed by atoms with Gasteiger partial charge in [-0.3, -0.25) is 15.0 Å². The number of halogens is 1. The lowest BCUT2D eigenvalue weighted by Gasteiger charge is -2.07. The summed E-state index contributed by atoms with van der Waals surface area (Å²) in [7, 11) is 0. The zero-order valence-corrected chi connectivity index (χ0v) is 11.1. The first-order valence-corrected chi connectivity index (χ1v) is 6.24. The summed E-state index contributed by atoms with van der Waals surface area (Å²) >= 11 is 0. The molecule has 0 atom stereocenters. The maximum absolute atomic E-state index is 13.5. The van der Waals surface area contributed by atoms with Crippen molar-refractivity contribution in [1.29, 1.82) is 0 Å². The largest absolute Gasteiger partial charge is 0.322 e. The summed E-state index contributed by atoms with van der Waals surface area (Å²) in [6, 6.07) is 12.4. The van der Waals surface area contributed by atoms with E-state index in [1.54, 1.807) is 30.3 Å². The van der Waals surface area contributed by atoms with Crippen molar-refractivity contribution in [3.05, 3.63) is 65.5 Å². The van der Waals surface area contributed by atoms with E-state index in [2.05, 4.69) is 5.32 Å². The fraction of sp³-hybridized carbons (Fsp3) is 0.0667. The number of nitrogens with one attached hydrogen (secondary N) is 2. The maximum atomic E-state index is 13.5. The predicted octanol–water partition coefficient (Wildman–Crippen LogP) is 1.61. The number of hydrazine groups is 1. The van der Waals surface area contributed by atoms with E-state index in [0.717, 1.165) is 5.56 Å². The summed E-state index contributed by atoms with van der Waals surface area (Å²) in [4.78, 5) is 23.0. The SMILES string of the molecule is NNC(=O)Cc1ccc(NC(=O)c2ccccc2F)cc1. The van der Waals surface area contributed by atoms with E-state index < -0.39 is 11.7 Å². The Hall–Kier alpha value is -2.73. The first-order chi connectivity index (χ1) is 10.1. The minimum atomic E-state index is -0.578. The van der Waals surface area contributed by atoms with Crippen molar-refractivity contribution >= 4 is 17.5 Å². The van der Waals surface area contributed by atoms with Crippen LogP contribution >= 0.6 is 0 Å². The van der Waals surface area contributed by atoms with Crippen LogP contribution in [0.25, 0.3) is 0 Å². The van der Waals surface area contributed by atoms with E-state index in [9.17, 15) is 14.0 Å². The highest BCUT2D eigenvalue weighted by Crippen LogP contribution is 2.13. The second kappa shape index (κ2) is 6.62. The molecule has 0 fully saturated rings. The number of anilines is 1. The zero-order chi connectivity index (χ0) is 15.2.